The highest BCUT2D eigenvalue weighted by molar-refractivity contribution is 7.78. The van der Waals surface area contributed by atoms with E-state index in [1.165, 1.54) is 49.8 Å². The number of rotatable bonds is 9. The van der Waals surface area contributed by atoms with Crippen LogP contribution in [0.5, 0.6) is 5.75 Å². The zero-order chi connectivity index (χ0) is 22.5. The molecule has 1 heterocycles. The lowest BCUT2D eigenvalue weighted by Gasteiger charge is -2.30. The van der Waals surface area contributed by atoms with Gasteiger partial charge in [0.2, 0.25) is 0 Å². The van der Waals surface area contributed by atoms with Crippen LogP contribution in [-0.2, 0) is 31.7 Å². The summed E-state index contributed by atoms with van der Waals surface area (Å²) in [6.07, 6.45) is 0. The highest BCUT2D eigenvalue weighted by Gasteiger charge is 2.41. The van der Waals surface area contributed by atoms with Crippen molar-refractivity contribution in [3.05, 3.63) is 29.8 Å². The van der Waals surface area contributed by atoms with Gasteiger partial charge in [0.15, 0.2) is 0 Å². The number of benzene rings is 1. The minimum absolute atomic E-state index is 0.480. The topological polar surface area (TPSA) is 123 Å². The SMILES string of the molecule is COP1(OC)=NP(OC)(OC)=NP(OC)(Oc2cccc(C)c2)=NP(OC)(OC)=N1. The van der Waals surface area contributed by atoms with Crippen LogP contribution in [-0.4, -0.2) is 49.8 Å². The lowest BCUT2D eigenvalue weighted by Crippen LogP contribution is -2.00. The van der Waals surface area contributed by atoms with Gasteiger partial charge in [-0.2, -0.15) is 0 Å². The Labute approximate surface area is 177 Å². The van der Waals surface area contributed by atoms with Crippen molar-refractivity contribution in [3.8, 4) is 5.75 Å². The van der Waals surface area contributed by atoms with Crippen molar-refractivity contribution in [3.63, 3.8) is 0 Å². The van der Waals surface area contributed by atoms with Crippen LogP contribution < -0.4 is 4.52 Å². The minimum Gasteiger partial charge on any atom is -0.422 e. The van der Waals surface area contributed by atoms with Crippen LogP contribution in [0.1, 0.15) is 5.56 Å². The molecule has 12 nitrogen and oxygen atoms in total. The molecule has 0 saturated carbocycles. The van der Waals surface area contributed by atoms with Gasteiger partial charge < -0.3 is 36.2 Å². The molecule has 30 heavy (non-hydrogen) atoms. The van der Waals surface area contributed by atoms with Gasteiger partial charge in [-0.3, -0.25) is 0 Å². The summed E-state index contributed by atoms with van der Waals surface area (Å²) in [4.78, 5) is 0. The van der Waals surface area contributed by atoms with Crippen LogP contribution >= 0.6 is 30.6 Å². The smallest absolute Gasteiger partial charge is 0.402 e. The van der Waals surface area contributed by atoms with Gasteiger partial charge in [0.1, 0.15) is 5.75 Å². The average molecular weight is 504 g/mol. The van der Waals surface area contributed by atoms with Gasteiger partial charge in [-0.1, -0.05) is 12.1 Å². The third-order valence-electron chi connectivity index (χ3n) is 3.78. The van der Waals surface area contributed by atoms with E-state index >= 15 is 0 Å². The van der Waals surface area contributed by atoms with Crippen molar-refractivity contribution in [1.82, 2.24) is 0 Å². The number of aryl methyl sites for hydroxylation is 1. The highest BCUT2D eigenvalue weighted by Crippen LogP contribution is 2.79. The molecular formula is C14H28N4O8P4. The number of nitrogens with zero attached hydrogens (tertiary/aromatic N) is 4. The summed E-state index contributed by atoms with van der Waals surface area (Å²) < 4.78 is 63.6. The molecule has 1 aromatic carbocycles. The van der Waals surface area contributed by atoms with E-state index in [1.54, 1.807) is 6.07 Å². The Balaban J connectivity index is 2.95. The molecule has 0 radical (unpaired) electrons. The van der Waals surface area contributed by atoms with Crippen molar-refractivity contribution >= 4 is 30.6 Å². The summed E-state index contributed by atoms with van der Waals surface area (Å²) in [6.45, 7) is 1.93. The molecule has 172 valence electrons. The van der Waals surface area contributed by atoms with Crippen LogP contribution in [0.3, 0.4) is 0 Å². The molecular weight excluding hydrogens is 476 g/mol. The fraction of sp³-hybridized carbons (Fsp3) is 0.571. The molecule has 0 spiro atoms. The third-order valence-corrected chi connectivity index (χ3v) is 14.8. The van der Waals surface area contributed by atoms with Crippen molar-refractivity contribution in [2.75, 3.05) is 49.8 Å². The molecule has 1 aromatic rings. The van der Waals surface area contributed by atoms with Gasteiger partial charge in [0, 0.05) is 49.8 Å². The van der Waals surface area contributed by atoms with E-state index in [0.29, 0.717) is 5.75 Å². The first kappa shape index (κ1) is 25.9. The maximum absolute atomic E-state index is 6.16. The van der Waals surface area contributed by atoms with E-state index in [-0.39, 0.29) is 0 Å². The standard InChI is InChI=1S/C14H28N4O8P4/c1-13-10-9-11-14(12-13)26-30(25-8)17-28(21-4,22-5)15-27(19-2,20-3)16-29(18-30,23-6)24-7/h9-12H,1-8H3. The molecule has 1 unspecified atom stereocenters. The van der Waals surface area contributed by atoms with E-state index < -0.39 is 30.6 Å². The molecule has 0 saturated heterocycles. The molecule has 1 aliphatic rings. The van der Waals surface area contributed by atoms with Crippen LogP contribution in [0.2, 0.25) is 0 Å². The zero-order valence-corrected chi connectivity index (χ0v) is 21.7. The van der Waals surface area contributed by atoms with Gasteiger partial charge in [-0.25, -0.2) is 0 Å². The summed E-state index contributed by atoms with van der Waals surface area (Å²) >= 11 is 0. The Bertz CT molecular complexity index is 952. The summed E-state index contributed by atoms with van der Waals surface area (Å²) in [5, 5.41) is 0. The molecule has 0 aromatic heterocycles. The lowest BCUT2D eigenvalue weighted by atomic mass is 10.2. The van der Waals surface area contributed by atoms with E-state index in [9.17, 15) is 0 Å². The Morgan fingerprint density at radius 1 is 0.567 bits per heavy atom. The van der Waals surface area contributed by atoms with Crippen molar-refractivity contribution in [2.45, 2.75) is 6.92 Å². The maximum atomic E-state index is 6.16. The molecule has 0 amide bonds. The average Bonchev–Trinajstić information content (AvgIpc) is 2.76. The van der Waals surface area contributed by atoms with Crippen LogP contribution in [0.15, 0.2) is 42.3 Å². The second-order valence-corrected chi connectivity index (χ2v) is 15.0. The van der Waals surface area contributed by atoms with Gasteiger partial charge in [0.05, 0.1) is 0 Å². The fourth-order valence-corrected chi connectivity index (χ4v) is 14.0. The van der Waals surface area contributed by atoms with Crippen molar-refractivity contribution in [1.29, 1.82) is 0 Å². The molecule has 2 rings (SSSR count). The lowest BCUT2D eigenvalue weighted by molar-refractivity contribution is 0.306. The Hall–Kier alpha value is -0.340. The predicted octanol–water partition coefficient (Wildman–Crippen LogP) is 6.70. The summed E-state index contributed by atoms with van der Waals surface area (Å²) in [6, 6.07) is 7.35. The molecule has 1 atom stereocenters. The van der Waals surface area contributed by atoms with E-state index in [4.69, 9.17) is 36.2 Å². The molecule has 0 bridgehead atoms. The van der Waals surface area contributed by atoms with Crippen LogP contribution in [0, 0.1) is 6.92 Å². The van der Waals surface area contributed by atoms with Gasteiger partial charge >= 0.3 is 30.6 Å². The third kappa shape index (κ3) is 5.52. The van der Waals surface area contributed by atoms with Gasteiger partial charge in [-0.15, -0.1) is 18.1 Å². The van der Waals surface area contributed by atoms with Crippen LogP contribution in [0.4, 0.5) is 0 Å². The first-order valence-electron chi connectivity index (χ1n) is 8.44. The molecule has 0 aliphatic carbocycles. The van der Waals surface area contributed by atoms with E-state index in [2.05, 4.69) is 18.1 Å². The maximum Gasteiger partial charge on any atom is 0.402 e. The second-order valence-electron chi connectivity index (χ2n) is 5.51. The monoisotopic (exact) mass is 504 g/mol. The molecule has 0 N–H and O–H groups in total. The van der Waals surface area contributed by atoms with Crippen LogP contribution in [0.25, 0.3) is 0 Å². The Kier molecular flexibility index (Phi) is 9.09. The van der Waals surface area contributed by atoms with Crippen molar-refractivity contribution < 1.29 is 36.2 Å². The summed E-state index contributed by atoms with van der Waals surface area (Å²) in [5.74, 6) is 0.480. The fourth-order valence-electron chi connectivity index (χ4n) is 2.26. The normalized spacial score (nSPS) is 24.3. The predicted molar refractivity (Wildman–Crippen MR) is 118 cm³/mol. The molecule has 0 fully saturated rings. The highest BCUT2D eigenvalue weighted by atomic mass is 31.3. The Morgan fingerprint density at radius 3 is 1.30 bits per heavy atom. The molecule has 16 heteroatoms. The van der Waals surface area contributed by atoms with Crippen molar-refractivity contribution in [2.24, 2.45) is 18.1 Å². The second kappa shape index (κ2) is 10.5. The largest absolute Gasteiger partial charge is 0.422 e. The van der Waals surface area contributed by atoms with Gasteiger partial charge in [-0.05, 0) is 24.6 Å². The Morgan fingerprint density at radius 2 is 0.933 bits per heavy atom. The summed E-state index contributed by atoms with van der Waals surface area (Å²) in [7, 11) is -3.77. The summed E-state index contributed by atoms with van der Waals surface area (Å²) in [5.41, 5.74) is 0.978. The molecule has 1 aliphatic heterocycles. The van der Waals surface area contributed by atoms with E-state index in [1.807, 2.05) is 25.1 Å². The minimum atomic E-state index is -3.50. The quantitative estimate of drug-likeness (QED) is 0.341. The van der Waals surface area contributed by atoms with E-state index in [0.717, 1.165) is 5.56 Å². The first-order valence-corrected chi connectivity index (χ1v) is 14.6. The first-order chi connectivity index (χ1) is 14.2. The number of hydrogen-bond acceptors (Lipinski definition) is 12. The zero-order valence-electron chi connectivity index (χ0n) is 18.2. The number of hydrogen-bond donors (Lipinski definition) is 0. The van der Waals surface area contributed by atoms with Gasteiger partial charge in [0.25, 0.3) is 0 Å².